The zero-order chi connectivity index (χ0) is 27.5. The monoisotopic (exact) mass is 553 g/mol. The summed E-state index contributed by atoms with van der Waals surface area (Å²) < 4.78 is 61.9. The maximum absolute atomic E-state index is 14.6. The highest BCUT2D eigenvalue weighted by atomic mass is 32.1. The van der Waals surface area contributed by atoms with E-state index in [0.717, 1.165) is 28.6 Å². The van der Waals surface area contributed by atoms with Crippen LogP contribution in [-0.4, -0.2) is 51.8 Å². The molecule has 1 atom stereocenters. The standard InChI is InChI=1S/C25H23F4N3O5S/c26-24(27)10-2-11-32(14-24)22(35)18-13-37-21(30-18)16-6-4-15(5-7-16)17(8-9-20(33)34)31-23(36)25(28,29)19-3-1-12-38-19/h1,3-7,12-13,17H,2,8-11,14H2,(H,31,36)(H,33,34). The Morgan fingerprint density at radius 2 is 1.95 bits per heavy atom. The molecule has 1 aromatic carbocycles. The van der Waals surface area contributed by atoms with E-state index in [1.165, 1.54) is 35.7 Å². The van der Waals surface area contributed by atoms with E-state index in [4.69, 9.17) is 9.52 Å². The summed E-state index contributed by atoms with van der Waals surface area (Å²) in [6.45, 7) is -0.516. The molecule has 8 nitrogen and oxygen atoms in total. The topological polar surface area (TPSA) is 113 Å². The Kier molecular flexibility index (Phi) is 7.86. The first-order chi connectivity index (χ1) is 18.0. The molecule has 2 amide bonds. The Morgan fingerprint density at radius 3 is 2.58 bits per heavy atom. The molecule has 1 unspecified atom stereocenters. The van der Waals surface area contributed by atoms with E-state index >= 15 is 0 Å². The number of aliphatic carboxylic acids is 1. The van der Waals surface area contributed by atoms with Crippen LogP contribution in [0.3, 0.4) is 0 Å². The molecule has 0 radical (unpaired) electrons. The van der Waals surface area contributed by atoms with Gasteiger partial charge in [0.2, 0.25) is 5.89 Å². The predicted molar refractivity (Wildman–Crippen MR) is 128 cm³/mol. The highest BCUT2D eigenvalue weighted by Gasteiger charge is 2.43. The summed E-state index contributed by atoms with van der Waals surface area (Å²) in [6, 6.07) is 7.48. The van der Waals surface area contributed by atoms with Crippen molar-refractivity contribution in [2.75, 3.05) is 13.1 Å². The van der Waals surface area contributed by atoms with Gasteiger partial charge in [-0.3, -0.25) is 14.4 Å². The van der Waals surface area contributed by atoms with Crippen LogP contribution in [0.5, 0.6) is 0 Å². The predicted octanol–water partition coefficient (Wildman–Crippen LogP) is 5.09. The van der Waals surface area contributed by atoms with Crippen LogP contribution in [0.2, 0.25) is 0 Å². The van der Waals surface area contributed by atoms with Crippen molar-refractivity contribution >= 4 is 29.1 Å². The number of halogens is 4. The van der Waals surface area contributed by atoms with Crippen molar-refractivity contribution in [2.24, 2.45) is 0 Å². The van der Waals surface area contributed by atoms with Gasteiger partial charge in [0.15, 0.2) is 5.69 Å². The van der Waals surface area contributed by atoms with Crippen LogP contribution in [0.4, 0.5) is 17.6 Å². The molecule has 0 bridgehead atoms. The van der Waals surface area contributed by atoms with E-state index < -0.39 is 47.1 Å². The zero-order valence-electron chi connectivity index (χ0n) is 19.8. The first-order valence-electron chi connectivity index (χ1n) is 11.6. The third-order valence-electron chi connectivity index (χ3n) is 6.03. The lowest BCUT2D eigenvalue weighted by Gasteiger charge is -2.31. The second kappa shape index (κ2) is 10.9. The minimum Gasteiger partial charge on any atom is -0.481 e. The average Bonchev–Trinajstić information content (AvgIpc) is 3.59. The normalized spacial score (nSPS) is 16.2. The fourth-order valence-corrected chi connectivity index (χ4v) is 4.77. The lowest BCUT2D eigenvalue weighted by Crippen LogP contribution is -2.45. The lowest BCUT2D eigenvalue weighted by molar-refractivity contribution is -0.147. The maximum Gasteiger partial charge on any atom is 0.358 e. The van der Waals surface area contributed by atoms with E-state index in [2.05, 4.69) is 10.3 Å². The van der Waals surface area contributed by atoms with Gasteiger partial charge in [-0.1, -0.05) is 18.2 Å². The van der Waals surface area contributed by atoms with E-state index in [0.29, 0.717) is 11.1 Å². The number of carbonyl (C=O) groups excluding carboxylic acids is 2. The molecule has 4 rings (SSSR count). The highest BCUT2D eigenvalue weighted by Crippen LogP contribution is 2.33. The minimum atomic E-state index is -3.80. The van der Waals surface area contributed by atoms with Gasteiger partial charge < -0.3 is 19.7 Å². The summed E-state index contributed by atoms with van der Waals surface area (Å²) >= 11 is 0.725. The van der Waals surface area contributed by atoms with Gasteiger partial charge in [-0.2, -0.15) is 8.78 Å². The Bertz CT molecular complexity index is 1290. The number of benzene rings is 1. The van der Waals surface area contributed by atoms with Crippen molar-refractivity contribution < 1.29 is 41.5 Å². The van der Waals surface area contributed by atoms with Crippen molar-refractivity contribution in [2.45, 2.75) is 43.6 Å². The van der Waals surface area contributed by atoms with Crippen LogP contribution >= 0.6 is 11.3 Å². The van der Waals surface area contributed by atoms with Crippen LogP contribution in [-0.2, 0) is 15.5 Å². The van der Waals surface area contributed by atoms with E-state index in [9.17, 15) is 31.9 Å². The average molecular weight is 554 g/mol. The van der Waals surface area contributed by atoms with Gasteiger partial charge >= 0.3 is 11.9 Å². The summed E-state index contributed by atoms with van der Waals surface area (Å²) in [5.41, 5.74) is 0.622. The van der Waals surface area contributed by atoms with Gasteiger partial charge in [0.05, 0.1) is 17.5 Å². The molecule has 1 aliphatic rings. The first-order valence-corrected chi connectivity index (χ1v) is 12.5. The number of thiophene rings is 1. The molecule has 202 valence electrons. The number of nitrogens with zero attached hydrogens (tertiary/aromatic N) is 2. The number of carboxylic acids is 1. The largest absolute Gasteiger partial charge is 0.481 e. The molecule has 2 N–H and O–H groups in total. The molecular formula is C25H23F4N3O5S. The zero-order valence-corrected chi connectivity index (χ0v) is 20.7. The Hall–Kier alpha value is -3.74. The summed E-state index contributed by atoms with van der Waals surface area (Å²) in [7, 11) is 0. The number of carbonyl (C=O) groups is 3. The number of piperidine rings is 1. The fraction of sp³-hybridized carbons (Fsp3) is 0.360. The van der Waals surface area contributed by atoms with E-state index in [1.807, 2.05) is 0 Å². The number of hydrogen-bond acceptors (Lipinski definition) is 6. The van der Waals surface area contributed by atoms with Crippen molar-refractivity contribution in [3.63, 3.8) is 0 Å². The van der Waals surface area contributed by atoms with Crippen LogP contribution in [0.25, 0.3) is 11.5 Å². The maximum atomic E-state index is 14.6. The molecule has 1 aliphatic heterocycles. The smallest absolute Gasteiger partial charge is 0.358 e. The summed E-state index contributed by atoms with van der Waals surface area (Å²) in [5, 5.41) is 12.7. The number of nitrogens with one attached hydrogen (secondary N) is 1. The Labute approximate surface area is 218 Å². The summed E-state index contributed by atoms with van der Waals surface area (Å²) in [5.74, 6) is -10.1. The number of rotatable bonds is 9. The molecule has 13 heteroatoms. The molecule has 0 aliphatic carbocycles. The minimum absolute atomic E-state index is 0.0269. The summed E-state index contributed by atoms with van der Waals surface area (Å²) in [4.78, 5) is 40.8. The van der Waals surface area contributed by atoms with Crippen LogP contribution in [0, 0.1) is 0 Å². The Morgan fingerprint density at radius 1 is 1.21 bits per heavy atom. The van der Waals surface area contributed by atoms with Crippen molar-refractivity contribution in [1.29, 1.82) is 0 Å². The first kappa shape index (κ1) is 27.3. The quantitative estimate of drug-likeness (QED) is 0.357. The van der Waals surface area contributed by atoms with Gasteiger partial charge in [-0.15, -0.1) is 11.3 Å². The number of amides is 2. The molecular weight excluding hydrogens is 530 g/mol. The highest BCUT2D eigenvalue weighted by molar-refractivity contribution is 7.10. The van der Waals surface area contributed by atoms with Crippen LogP contribution in [0.1, 0.15) is 52.7 Å². The number of alkyl halides is 4. The number of hydrogen-bond donors (Lipinski definition) is 2. The number of oxazole rings is 1. The lowest BCUT2D eigenvalue weighted by atomic mass is 10.00. The summed E-state index contributed by atoms with van der Waals surface area (Å²) in [6.07, 6.45) is 0.439. The molecule has 38 heavy (non-hydrogen) atoms. The second-order valence-electron chi connectivity index (χ2n) is 8.86. The van der Waals surface area contributed by atoms with Gasteiger partial charge in [-0.25, -0.2) is 13.8 Å². The van der Waals surface area contributed by atoms with Gasteiger partial charge in [0, 0.05) is 24.9 Å². The van der Waals surface area contributed by atoms with Gasteiger partial charge in [0.25, 0.3) is 17.7 Å². The van der Waals surface area contributed by atoms with Crippen LogP contribution < -0.4 is 5.32 Å². The van der Waals surface area contributed by atoms with Crippen molar-refractivity contribution in [3.05, 3.63) is 64.2 Å². The van der Waals surface area contributed by atoms with Crippen LogP contribution in [0.15, 0.2) is 52.5 Å². The third-order valence-corrected chi connectivity index (χ3v) is 6.97. The van der Waals surface area contributed by atoms with Gasteiger partial charge in [0.1, 0.15) is 6.26 Å². The molecule has 1 saturated heterocycles. The molecule has 3 aromatic rings. The molecule has 3 heterocycles. The van der Waals surface area contributed by atoms with E-state index in [1.54, 1.807) is 0 Å². The second-order valence-corrected chi connectivity index (χ2v) is 9.80. The molecule has 2 aromatic heterocycles. The SMILES string of the molecule is O=C(O)CCC(NC(=O)C(F)(F)c1cccs1)c1ccc(-c2nc(C(=O)N3CCCC(F)(F)C3)co2)cc1. The molecule has 0 spiro atoms. The third kappa shape index (κ3) is 6.21. The number of carboxylic acid groups (broad SMARTS) is 1. The Balaban J connectivity index is 1.49. The van der Waals surface area contributed by atoms with Gasteiger partial charge in [-0.05, 0) is 42.0 Å². The number of likely N-dealkylation sites (tertiary alicyclic amines) is 1. The number of aromatic nitrogens is 1. The molecule has 0 saturated carbocycles. The van der Waals surface area contributed by atoms with E-state index in [-0.39, 0.29) is 43.8 Å². The molecule has 1 fully saturated rings. The fourth-order valence-electron chi connectivity index (χ4n) is 4.07. The van der Waals surface area contributed by atoms with Crippen molar-refractivity contribution in [3.8, 4) is 11.5 Å². The van der Waals surface area contributed by atoms with Crippen molar-refractivity contribution in [1.82, 2.24) is 15.2 Å².